The van der Waals surface area contributed by atoms with Gasteiger partial charge in [0.15, 0.2) is 0 Å². The lowest BCUT2D eigenvalue weighted by molar-refractivity contribution is -0.148. The van der Waals surface area contributed by atoms with Crippen molar-refractivity contribution in [2.45, 2.75) is 85.4 Å². The van der Waals surface area contributed by atoms with Gasteiger partial charge in [0.25, 0.3) is 0 Å². The lowest BCUT2D eigenvalue weighted by atomic mass is 9.91. The zero-order valence-corrected chi connectivity index (χ0v) is 34.8. The molecule has 0 spiro atoms. The average molecular weight is 793 g/mol. The predicted molar refractivity (Wildman–Crippen MR) is 220 cm³/mol. The van der Waals surface area contributed by atoms with Gasteiger partial charge in [-0.25, -0.2) is 14.8 Å². The first-order chi connectivity index (χ1) is 27.2. The number of amides is 3. The van der Waals surface area contributed by atoms with Gasteiger partial charge in [0.2, 0.25) is 11.8 Å². The molecular weight excluding hydrogens is 741 g/mol. The summed E-state index contributed by atoms with van der Waals surface area (Å²) in [5, 5.41) is 3.78. The smallest absolute Gasteiger partial charge is 0.407 e. The van der Waals surface area contributed by atoms with Gasteiger partial charge in [0, 0.05) is 35.5 Å². The monoisotopic (exact) mass is 792 g/mol. The molecule has 2 N–H and O–H groups in total. The van der Waals surface area contributed by atoms with Gasteiger partial charge in [-0.15, -0.1) is 11.3 Å². The van der Waals surface area contributed by atoms with Crippen LogP contribution in [0.1, 0.15) is 95.2 Å². The fourth-order valence-electron chi connectivity index (χ4n) is 7.86. The minimum atomic E-state index is -0.683. The number of H-pyrrole nitrogens is 1. The van der Waals surface area contributed by atoms with Crippen LogP contribution in [0, 0.1) is 53.3 Å². The van der Waals surface area contributed by atoms with Crippen molar-refractivity contribution >= 4 is 51.0 Å². The first kappa shape index (κ1) is 41.2. The van der Waals surface area contributed by atoms with Gasteiger partial charge in [-0.3, -0.25) is 14.4 Å². The third kappa shape index (κ3) is 9.60. The second-order valence-corrected chi connectivity index (χ2v) is 17.2. The lowest BCUT2D eigenvalue weighted by Gasteiger charge is -2.30. The van der Waals surface area contributed by atoms with Gasteiger partial charge in [-0.2, -0.15) is 0 Å². The summed E-state index contributed by atoms with van der Waals surface area (Å²) in [6, 6.07) is 7.11. The Balaban J connectivity index is 1.12. The number of alkyl carbamates (subject to hydrolysis) is 1. The molecule has 13 heteroatoms. The molecule has 3 amide bonds. The number of nitrogens with one attached hydrogen (secondary N) is 2. The zero-order valence-electron chi connectivity index (χ0n) is 34.0. The van der Waals surface area contributed by atoms with Crippen LogP contribution in [-0.2, 0) is 23.9 Å². The number of ether oxygens (including phenoxy) is 2. The summed E-state index contributed by atoms with van der Waals surface area (Å²) >= 11 is 1.59. The number of rotatable bonds is 9. The maximum Gasteiger partial charge on any atom is 0.407 e. The Kier molecular flexibility index (Phi) is 12.9. The number of fused-ring (bicyclic) bond motifs is 1. The van der Waals surface area contributed by atoms with Crippen LogP contribution >= 0.6 is 11.3 Å². The minimum absolute atomic E-state index is 0.0107. The molecule has 300 valence electrons. The van der Waals surface area contributed by atoms with E-state index >= 15 is 0 Å². The van der Waals surface area contributed by atoms with Gasteiger partial charge < -0.3 is 29.6 Å². The number of likely N-dealkylation sites (tertiary alicyclic amines) is 2. The normalized spacial score (nSPS) is 21.4. The van der Waals surface area contributed by atoms with Crippen molar-refractivity contribution in [3.05, 3.63) is 64.2 Å². The van der Waals surface area contributed by atoms with E-state index < -0.39 is 18.1 Å². The maximum absolute atomic E-state index is 13.7. The second-order valence-electron chi connectivity index (χ2n) is 16.1. The Morgan fingerprint density at radius 3 is 2.32 bits per heavy atom. The topological polar surface area (TPSA) is 146 Å². The molecule has 2 saturated heterocycles. The van der Waals surface area contributed by atoms with Gasteiger partial charge in [-0.05, 0) is 83.9 Å². The molecule has 6 rings (SSSR count). The average Bonchev–Trinajstić information content (AvgIpc) is 4.03. The zero-order chi connectivity index (χ0) is 41.0. The van der Waals surface area contributed by atoms with Crippen molar-refractivity contribution in [3.63, 3.8) is 0 Å². The van der Waals surface area contributed by atoms with Crippen molar-refractivity contribution < 1.29 is 28.7 Å². The molecule has 3 aliphatic heterocycles. The highest BCUT2D eigenvalue weighted by Crippen LogP contribution is 2.37. The number of nitrogens with zero attached hydrogens (tertiary/aromatic N) is 4. The standard InChI is InChI=1S/C44H52N6O6S/c1-25(2)34(21-39(51)55-7)42(52)50-24-28(6)18-37(50)41-45-22-32(47-41)13-15-33-20-30-11-9-29(19-38(30)57-33)10-12-31-14-16-35(46-31)36-17-27(5)23-49(36)43(53)40(26(3)4)48-44(54)56-8/h9,11,14,19-20,22,25-28,34,36-37,40H,16-18,21,23-24H2,1-8H3,(H,45,47)(H,48,54)/t27-,28-,34-,36-,37-,40-/m0/s1. The molecule has 0 bridgehead atoms. The molecule has 6 atom stereocenters. The molecule has 0 unspecified atom stereocenters. The van der Waals surface area contributed by atoms with E-state index in [2.05, 4.69) is 64.9 Å². The van der Waals surface area contributed by atoms with E-state index in [9.17, 15) is 19.2 Å². The summed E-state index contributed by atoms with van der Waals surface area (Å²) in [4.78, 5) is 68.9. The van der Waals surface area contributed by atoms with Gasteiger partial charge in [0.05, 0.1) is 49.7 Å². The van der Waals surface area contributed by atoms with Crippen molar-refractivity contribution in [1.29, 1.82) is 0 Å². The molecule has 57 heavy (non-hydrogen) atoms. The summed E-state index contributed by atoms with van der Waals surface area (Å²) in [6.45, 7) is 13.2. The predicted octanol–water partition coefficient (Wildman–Crippen LogP) is 6.47. The van der Waals surface area contributed by atoms with Gasteiger partial charge >= 0.3 is 12.1 Å². The van der Waals surface area contributed by atoms with Crippen molar-refractivity contribution in [2.24, 2.45) is 34.6 Å². The summed E-state index contributed by atoms with van der Waals surface area (Å²) < 4.78 is 10.7. The van der Waals surface area contributed by atoms with Crippen LogP contribution in [0.15, 0.2) is 47.2 Å². The SMILES string of the molecule is COC(=O)C[C@H](C(=O)N1C[C@@H](C)C[C@H]1c1ncc(C#Cc2cc3ccc(C#CC4=CCC([C@@H]5C[C@H](C)CN5C(=O)[C@@H](NC(=O)OC)C(C)C)=N4)cc3s2)[nH]1)C(C)C. The molecule has 2 fully saturated rings. The number of hydrogen-bond donors (Lipinski definition) is 2. The van der Waals surface area contributed by atoms with Crippen molar-refractivity contribution in [1.82, 2.24) is 25.1 Å². The van der Waals surface area contributed by atoms with E-state index in [0.717, 1.165) is 39.1 Å². The Labute approximate surface area is 338 Å². The molecule has 0 saturated carbocycles. The number of methoxy groups -OCH3 is 2. The molecule has 5 heterocycles. The first-order valence-electron chi connectivity index (χ1n) is 19.7. The van der Waals surface area contributed by atoms with Crippen LogP contribution in [0.5, 0.6) is 0 Å². The summed E-state index contributed by atoms with van der Waals surface area (Å²) in [5.41, 5.74) is 3.13. The number of carbonyl (C=O) groups is 4. The number of imidazole rings is 1. The molecule has 1 aromatic carbocycles. The third-order valence-electron chi connectivity index (χ3n) is 11.0. The molecule has 12 nitrogen and oxygen atoms in total. The highest BCUT2D eigenvalue weighted by molar-refractivity contribution is 7.19. The Hall–Kier alpha value is -5.40. The van der Waals surface area contributed by atoms with Crippen LogP contribution in [0.3, 0.4) is 0 Å². The number of thiophene rings is 1. The molecule has 3 aromatic rings. The van der Waals surface area contributed by atoms with Crippen LogP contribution in [0.2, 0.25) is 0 Å². The number of benzene rings is 1. The number of allylic oxidation sites excluding steroid dienone is 2. The van der Waals surface area contributed by atoms with Crippen LogP contribution in [0.25, 0.3) is 10.1 Å². The van der Waals surface area contributed by atoms with Crippen molar-refractivity contribution in [3.8, 4) is 23.7 Å². The van der Waals surface area contributed by atoms with Gasteiger partial charge in [0.1, 0.15) is 23.3 Å². The van der Waals surface area contributed by atoms with E-state index in [1.54, 1.807) is 17.5 Å². The number of esters is 1. The molecule has 3 aliphatic rings. The fraction of sp³-hybridized carbons (Fsp3) is 0.500. The van der Waals surface area contributed by atoms with E-state index in [0.29, 0.717) is 48.6 Å². The van der Waals surface area contributed by atoms with Crippen LogP contribution < -0.4 is 5.32 Å². The fourth-order valence-corrected chi connectivity index (χ4v) is 8.81. The first-order valence-corrected chi connectivity index (χ1v) is 20.5. The maximum atomic E-state index is 13.7. The summed E-state index contributed by atoms with van der Waals surface area (Å²) in [5.74, 6) is 13.2. The largest absolute Gasteiger partial charge is 0.469 e. The molecule has 0 aliphatic carbocycles. The highest BCUT2D eigenvalue weighted by atomic mass is 32.1. The minimum Gasteiger partial charge on any atom is -0.469 e. The number of hydrogen-bond acceptors (Lipinski definition) is 9. The van der Waals surface area contributed by atoms with Crippen LogP contribution in [-0.4, -0.2) is 88.7 Å². The second kappa shape index (κ2) is 17.8. The summed E-state index contributed by atoms with van der Waals surface area (Å²) in [6.07, 6.45) is 5.36. The number of aromatic nitrogens is 2. The highest BCUT2D eigenvalue weighted by Gasteiger charge is 2.42. The number of aromatic amines is 1. The van der Waals surface area contributed by atoms with E-state index in [4.69, 9.17) is 14.5 Å². The Morgan fingerprint density at radius 2 is 1.63 bits per heavy atom. The van der Waals surface area contributed by atoms with Gasteiger partial charge in [-0.1, -0.05) is 53.5 Å². The summed E-state index contributed by atoms with van der Waals surface area (Å²) in [7, 11) is 2.64. The van der Waals surface area contributed by atoms with Crippen LogP contribution in [0.4, 0.5) is 4.79 Å². The van der Waals surface area contributed by atoms with Crippen molar-refractivity contribution in [2.75, 3.05) is 27.3 Å². The lowest BCUT2D eigenvalue weighted by Crippen LogP contribution is -2.53. The molecular formula is C44H52N6O6S. The molecule has 2 aromatic heterocycles. The number of carbonyl (C=O) groups excluding carboxylic acids is 4. The van der Waals surface area contributed by atoms with E-state index in [1.807, 2.05) is 55.7 Å². The quantitative estimate of drug-likeness (QED) is 0.187. The number of aliphatic imine (C=N–C) groups is 1. The third-order valence-corrected chi connectivity index (χ3v) is 12.0. The Bertz CT molecular complexity index is 2210. The van der Waals surface area contributed by atoms with E-state index in [-0.39, 0.29) is 48.1 Å². The van der Waals surface area contributed by atoms with E-state index in [1.165, 1.54) is 14.2 Å². The Morgan fingerprint density at radius 1 is 0.912 bits per heavy atom. The molecule has 0 radical (unpaired) electrons.